The Hall–Kier alpha value is -5.16. The summed E-state index contributed by atoms with van der Waals surface area (Å²) in [6, 6.07) is 5.01. The number of cyclic esters (lactones) is 2. The number of ether oxygens (including phenoxy) is 3. The lowest BCUT2D eigenvalue weighted by molar-refractivity contribution is -0.181. The number of fused-ring (bicyclic) bond motifs is 1. The van der Waals surface area contributed by atoms with E-state index in [0.29, 0.717) is 37.0 Å². The second kappa shape index (κ2) is 22.8. The highest BCUT2D eigenvalue weighted by Crippen LogP contribution is 2.29. The summed E-state index contributed by atoms with van der Waals surface area (Å²) < 4.78 is 25.5. The molecule has 1 aliphatic heterocycles. The standard InChI is InChI=1S/C40H51NO13/c1-3-5-7-10-13-16-29(42)17-14-11-8-9-12-15-18-31(40(49)25-35(43)51-26-33-34(27-52-38(40)47)54-39(48)53-33)36(44)41-32(37(45)46)24-28-19-21-30(22-20-28)50-23-6-4-2/h15,18-22,31-32,49H,3,5,7-14,16-17,23-27H2,1-2H3,(H,41,44)(H,45,46)/b18-15+/t31-,32+,40+/m1/s1. The van der Waals surface area contributed by atoms with Crippen molar-refractivity contribution in [1.29, 1.82) is 0 Å². The van der Waals surface area contributed by atoms with Crippen LogP contribution in [0.3, 0.4) is 0 Å². The topological polar surface area (TPSA) is 209 Å². The molecule has 0 fully saturated rings. The maximum atomic E-state index is 13.9. The van der Waals surface area contributed by atoms with Gasteiger partial charge in [0.25, 0.3) is 0 Å². The van der Waals surface area contributed by atoms with Gasteiger partial charge in [-0.25, -0.2) is 14.4 Å². The van der Waals surface area contributed by atoms with Gasteiger partial charge in [0, 0.05) is 19.3 Å². The minimum absolute atomic E-state index is 0.166. The van der Waals surface area contributed by atoms with Gasteiger partial charge >= 0.3 is 23.7 Å². The SMILES string of the molecule is CC#CCOc1ccc(C[C@H](NC(=O)[C@@H](/C=C/CCCCCCC(=O)CCCCCCC)[C@@]2(O)CC(=O)OCc3oc(=O)oc3COC2=O)C(=O)O)cc1. The highest BCUT2D eigenvalue weighted by molar-refractivity contribution is 5.95. The molecule has 0 unspecified atom stereocenters. The Labute approximate surface area is 314 Å². The van der Waals surface area contributed by atoms with E-state index in [-0.39, 0.29) is 30.3 Å². The molecule has 3 N–H and O–H groups in total. The number of hydrogen-bond donors (Lipinski definition) is 3. The zero-order valence-electron chi connectivity index (χ0n) is 31.0. The molecule has 14 heteroatoms. The Kier molecular flexibility index (Phi) is 18.3. The molecule has 1 aromatic carbocycles. The van der Waals surface area contributed by atoms with E-state index in [4.69, 9.17) is 23.0 Å². The molecule has 0 bridgehead atoms. The van der Waals surface area contributed by atoms with E-state index in [9.17, 15) is 39.0 Å². The number of carbonyl (C=O) groups is 5. The van der Waals surface area contributed by atoms with E-state index in [1.807, 2.05) is 0 Å². The first-order chi connectivity index (χ1) is 26.0. The lowest BCUT2D eigenvalue weighted by Gasteiger charge is -2.32. The molecule has 2 heterocycles. The number of hydrogen-bond acceptors (Lipinski definition) is 12. The second-order valence-electron chi connectivity index (χ2n) is 13.2. The fourth-order valence-electron chi connectivity index (χ4n) is 5.83. The Balaban J connectivity index is 1.72. The predicted molar refractivity (Wildman–Crippen MR) is 194 cm³/mol. The summed E-state index contributed by atoms with van der Waals surface area (Å²) in [6.07, 6.45) is 11.6. The van der Waals surface area contributed by atoms with Gasteiger partial charge < -0.3 is 38.6 Å². The molecule has 0 saturated carbocycles. The lowest BCUT2D eigenvalue weighted by Crippen LogP contribution is -2.56. The maximum absolute atomic E-state index is 13.9. The number of nitrogens with one attached hydrogen (secondary N) is 1. The number of aliphatic hydroxyl groups is 1. The number of Topliss-reactive ketones (excluding diaryl/α,β-unsaturated/α-hetero) is 1. The molecule has 1 aromatic heterocycles. The van der Waals surface area contributed by atoms with Crippen LogP contribution in [0.2, 0.25) is 0 Å². The number of aliphatic carboxylic acids is 1. The van der Waals surface area contributed by atoms with Crippen LogP contribution >= 0.6 is 0 Å². The number of unbranched alkanes of at least 4 members (excludes halogenated alkanes) is 8. The van der Waals surface area contributed by atoms with Crippen LogP contribution in [0.1, 0.15) is 114 Å². The molecule has 3 rings (SSSR count). The van der Waals surface area contributed by atoms with Crippen LogP contribution in [-0.4, -0.2) is 58.1 Å². The van der Waals surface area contributed by atoms with E-state index in [0.717, 1.165) is 44.9 Å². The molecule has 0 aliphatic carbocycles. The summed E-state index contributed by atoms with van der Waals surface area (Å²) in [5, 5.41) is 24.2. The fourth-order valence-corrected chi connectivity index (χ4v) is 5.83. The minimum Gasteiger partial charge on any atom is -0.481 e. The van der Waals surface area contributed by atoms with Crippen molar-refractivity contribution in [2.75, 3.05) is 6.61 Å². The van der Waals surface area contributed by atoms with E-state index in [2.05, 4.69) is 24.1 Å². The Morgan fingerprint density at radius 1 is 0.926 bits per heavy atom. The molecular formula is C40H51NO13. The largest absolute Gasteiger partial charge is 0.519 e. The molecule has 0 radical (unpaired) electrons. The van der Waals surface area contributed by atoms with Gasteiger partial charge in [0.2, 0.25) is 5.91 Å². The van der Waals surface area contributed by atoms with E-state index < -0.39 is 66.8 Å². The van der Waals surface area contributed by atoms with Crippen molar-refractivity contribution in [3.8, 4) is 17.6 Å². The van der Waals surface area contributed by atoms with Gasteiger partial charge in [-0.15, -0.1) is 5.92 Å². The molecule has 0 saturated heterocycles. The average Bonchev–Trinajstić information content (AvgIpc) is 3.50. The van der Waals surface area contributed by atoms with Crippen LogP contribution in [0, 0.1) is 17.8 Å². The van der Waals surface area contributed by atoms with Gasteiger partial charge in [0.1, 0.15) is 24.2 Å². The number of carboxylic acid groups (broad SMARTS) is 1. The smallest absolute Gasteiger partial charge is 0.481 e. The van der Waals surface area contributed by atoms with Gasteiger partial charge in [-0.05, 0) is 50.3 Å². The van der Waals surface area contributed by atoms with Gasteiger partial charge in [-0.3, -0.25) is 14.4 Å². The molecule has 14 nitrogen and oxygen atoms in total. The first-order valence-corrected chi connectivity index (χ1v) is 18.5. The summed E-state index contributed by atoms with van der Waals surface area (Å²) in [7, 11) is 0. The maximum Gasteiger partial charge on any atom is 0.519 e. The first-order valence-electron chi connectivity index (χ1n) is 18.5. The van der Waals surface area contributed by atoms with Crippen molar-refractivity contribution in [1.82, 2.24) is 5.32 Å². The normalized spacial score (nSPS) is 16.9. The second-order valence-corrected chi connectivity index (χ2v) is 13.2. The third-order valence-electron chi connectivity index (χ3n) is 8.92. The van der Waals surface area contributed by atoms with Crippen LogP contribution in [0.15, 0.2) is 50.0 Å². The van der Waals surface area contributed by atoms with Crippen molar-refractivity contribution in [2.45, 2.75) is 129 Å². The number of esters is 2. The quantitative estimate of drug-likeness (QED) is 0.0619. The third-order valence-corrected chi connectivity index (χ3v) is 8.92. The van der Waals surface area contributed by atoms with Crippen molar-refractivity contribution < 1.29 is 57.2 Å². The van der Waals surface area contributed by atoms with E-state index in [1.54, 1.807) is 37.3 Å². The lowest BCUT2D eigenvalue weighted by atomic mass is 9.82. The Bertz CT molecular complexity index is 1690. The summed E-state index contributed by atoms with van der Waals surface area (Å²) in [5.74, 6) is -2.11. The van der Waals surface area contributed by atoms with Crippen molar-refractivity contribution in [3.05, 3.63) is 64.1 Å². The predicted octanol–water partition coefficient (Wildman–Crippen LogP) is 5.11. The average molecular weight is 754 g/mol. The van der Waals surface area contributed by atoms with Crippen molar-refractivity contribution >= 4 is 29.6 Å². The zero-order chi connectivity index (χ0) is 39.3. The van der Waals surface area contributed by atoms with Gasteiger partial charge in [0.15, 0.2) is 30.3 Å². The first kappa shape index (κ1) is 43.2. The van der Waals surface area contributed by atoms with E-state index >= 15 is 0 Å². The summed E-state index contributed by atoms with van der Waals surface area (Å²) >= 11 is 0. The van der Waals surface area contributed by atoms with Crippen LogP contribution < -0.4 is 15.9 Å². The number of amides is 1. The molecule has 1 amide bonds. The van der Waals surface area contributed by atoms with Crippen LogP contribution in [0.5, 0.6) is 5.75 Å². The molecule has 54 heavy (non-hydrogen) atoms. The molecule has 294 valence electrons. The summed E-state index contributed by atoms with van der Waals surface area (Å²) in [4.78, 5) is 76.4. The monoisotopic (exact) mass is 753 g/mol. The molecule has 0 spiro atoms. The molecule has 3 atom stereocenters. The number of carbonyl (C=O) groups excluding carboxylic acids is 4. The molecular weight excluding hydrogens is 702 g/mol. The number of benzene rings is 1. The third kappa shape index (κ3) is 14.3. The molecule has 2 aromatic rings. The van der Waals surface area contributed by atoms with E-state index in [1.165, 1.54) is 12.5 Å². The van der Waals surface area contributed by atoms with Crippen LogP contribution in [0.4, 0.5) is 0 Å². The van der Waals surface area contributed by atoms with Gasteiger partial charge in [-0.2, -0.15) is 0 Å². The van der Waals surface area contributed by atoms with Crippen LogP contribution in [-0.2, 0) is 53.1 Å². The van der Waals surface area contributed by atoms with Crippen molar-refractivity contribution in [3.63, 3.8) is 0 Å². The Morgan fingerprint density at radius 2 is 1.56 bits per heavy atom. The zero-order valence-corrected chi connectivity index (χ0v) is 31.0. The minimum atomic E-state index is -2.85. The molecule has 1 aliphatic rings. The van der Waals surface area contributed by atoms with Crippen LogP contribution in [0.25, 0.3) is 0 Å². The van der Waals surface area contributed by atoms with Gasteiger partial charge in [-0.1, -0.05) is 75.7 Å². The fraction of sp³-hybridized carbons (Fsp3) is 0.550. The Morgan fingerprint density at radius 3 is 2.19 bits per heavy atom. The highest BCUT2D eigenvalue weighted by Gasteiger charge is 2.51. The summed E-state index contributed by atoms with van der Waals surface area (Å²) in [6.45, 7) is 2.76. The number of rotatable bonds is 22. The van der Waals surface area contributed by atoms with Gasteiger partial charge in [0.05, 0.1) is 12.3 Å². The highest BCUT2D eigenvalue weighted by atomic mass is 16.6. The summed E-state index contributed by atoms with van der Waals surface area (Å²) in [5.41, 5.74) is -2.31. The number of ketones is 1. The van der Waals surface area contributed by atoms with Crippen molar-refractivity contribution in [2.24, 2.45) is 5.92 Å². The number of carboxylic acids is 1. The number of allylic oxidation sites excluding steroid dienone is 1.